The second-order valence-electron chi connectivity index (χ2n) is 7.65. The summed E-state index contributed by atoms with van der Waals surface area (Å²) < 4.78 is 12.2. The number of carboxylic acids is 1. The Kier molecular flexibility index (Phi) is 5.66. The van der Waals surface area contributed by atoms with Gasteiger partial charge in [0, 0.05) is 11.8 Å². The van der Waals surface area contributed by atoms with E-state index in [-0.39, 0.29) is 29.9 Å². The molecule has 0 unspecified atom stereocenters. The number of carboxylic acid groups (broad SMARTS) is 1. The number of benzene rings is 1. The normalized spacial score (nSPS) is 29.4. The Labute approximate surface area is 168 Å². The van der Waals surface area contributed by atoms with Crippen molar-refractivity contribution < 1.29 is 24.5 Å². The van der Waals surface area contributed by atoms with Crippen LogP contribution in [0.1, 0.15) is 52.8 Å². The number of hydrogen-bond donors (Lipinski definition) is 2. The minimum atomic E-state index is -1.01. The van der Waals surface area contributed by atoms with Gasteiger partial charge in [0.1, 0.15) is 16.9 Å². The molecule has 1 aliphatic carbocycles. The maximum absolute atomic E-state index is 11.0. The zero-order valence-electron chi connectivity index (χ0n) is 15.8. The van der Waals surface area contributed by atoms with Gasteiger partial charge < -0.3 is 19.7 Å². The molecule has 2 aromatic rings. The Bertz CT molecular complexity index is 838. The van der Waals surface area contributed by atoms with E-state index in [4.69, 9.17) is 14.6 Å². The number of carbonyl (C=O) groups is 1. The van der Waals surface area contributed by atoms with Crippen molar-refractivity contribution in [1.29, 1.82) is 0 Å². The number of para-hydroxylation sites is 1. The van der Waals surface area contributed by atoms with Crippen LogP contribution in [-0.2, 0) is 4.74 Å². The van der Waals surface area contributed by atoms with Crippen LogP contribution >= 0.6 is 11.3 Å². The highest BCUT2D eigenvalue weighted by molar-refractivity contribution is 7.09. The van der Waals surface area contributed by atoms with Gasteiger partial charge in [-0.3, -0.25) is 0 Å². The van der Waals surface area contributed by atoms with Crippen LogP contribution in [0.2, 0.25) is 0 Å². The number of fused-ring (bicyclic) bond motifs is 1. The first-order valence-electron chi connectivity index (χ1n) is 9.73. The molecule has 28 heavy (non-hydrogen) atoms. The van der Waals surface area contributed by atoms with E-state index in [0.29, 0.717) is 18.9 Å². The number of thiazole rings is 1. The van der Waals surface area contributed by atoms with Gasteiger partial charge in [-0.15, -0.1) is 11.3 Å². The van der Waals surface area contributed by atoms with E-state index in [1.807, 2.05) is 31.2 Å². The van der Waals surface area contributed by atoms with Crippen LogP contribution in [0.15, 0.2) is 29.6 Å². The molecule has 1 aliphatic heterocycles. The molecule has 4 rings (SSSR count). The molecule has 6 nitrogen and oxygen atoms in total. The number of rotatable bonds is 6. The first-order valence-corrected chi connectivity index (χ1v) is 10.6. The maximum atomic E-state index is 11.0. The summed E-state index contributed by atoms with van der Waals surface area (Å²) in [5, 5.41) is 21.9. The highest BCUT2D eigenvalue weighted by Crippen LogP contribution is 2.47. The molecule has 0 amide bonds. The summed E-state index contributed by atoms with van der Waals surface area (Å²) in [5.41, 5.74) is 1.18. The standard InChI is InChI=1S/C21H25NO5S/c1-12-4-2-3-5-17(12)26-9-8-13-14-6-7-18(27-19(14)10-16(13)23)20-22-15(11-28-20)21(24)25/h2-5,11,13-14,16,18-19,23H,6-10H2,1H3,(H,24,25)/t13-,14-,16-,18-,19+/m1/s1. The summed E-state index contributed by atoms with van der Waals surface area (Å²) in [6, 6.07) is 7.95. The Morgan fingerprint density at radius 2 is 2.18 bits per heavy atom. The van der Waals surface area contributed by atoms with Gasteiger partial charge in [0.25, 0.3) is 0 Å². The largest absolute Gasteiger partial charge is 0.493 e. The smallest absolute Gasteiger partial charge is 0.355 e. The lowest BCUT2D eigenvalue weighted by molar-refractivity contribution is -0.0798. The first-order chi connectivity index (χ1) is 13.5. The Morgan fingerprint density at radius 3 is 2.93 bits per heavy atom. The maximum Gasteiger partial charge on any atom is 0.355 e. The quantitative estimate of drug-likeness (QED) is 0.762. The lowest BCUT2D eigenvalue weighted by atomic mass is 9.85. The molecule has 2 heterocycles. The zero-order chi connectivity index (χ0) is 19.7. The van der Waals surface area contributed by atoms with Gasteiger partial charge >= 0.3 is 5.97 Å². The topological polar surface area (TPSA) is 88.9 Å². The Balaban J connectivity index is 1.34. The van der Waals surface area contributed by atoms with Crippen LogP contribution in [-0.4, -0.2) is 40.0 Å². The molecule has 7 heteroatoms. The number of aryl methyl sites for hydroxylation is 1. The van der Waals surface area contributed by atoms with Crippen LogP contribution in [0.25, 0.3) is 0 Å². The first kappa shape index (κ1) is 19.4. The van der Waals surface area contributed by atoms with E-state index in [1.54, 1.807) is 5.38 Å². The molecule has 0 spiro atoms. The third kappa shape index (κ3) is 3.92. The number of aromatic carboxylic acids is 1. The van der Waals surface area contributed by atoms with E-state index in [0.717, 1.165) is 35.6 Å². The van der Waals surface area contributed by atoms with Crippen LogP contribution in [0.5, 0.6) is 5.75 Å². The third-order valence-electron chi connectivity index (χ3n) is 5.92. The van der Waals surface area contributed by atoms with Crippen molar-refractivity contribution in [3.05, 3.63) is 45.9 Å². The van der Waals surface area contributed by atoms with Crippen molar-refractivity contribution in [2.24, 2.45) is 11.8 Å². The summed E-state index contributed by atoms with van der Waals surface area (Å²) in [6.07, 6.45) is 2.60. The summed E-state index contributed by atoms with van der Waals surface area (Å²) in [4.78, 5) is 15.2. The van der Waals surface area contributed by atoms with Crippen LogP contribution in [0.3, 0.4) is 0 Å². The molecule has 2 fully saturated rings. The zero-order valence-corrected chi connectivity index (χ0v) is 16.6. The molecule has 150 valence electrons. The van der Waals surface area contributed by atoms with Crippen LogP contribution < -0.4 is 4.74 Å². The Morgan fingerprint density at radius 1 is 1.36 bits per heavy atom. The average molecular weight is 404 g/mol. The van der Waals surface area contributed by atoms with E-state index in [1.165, 1.54) is 11.3 Å². The SMILES string of the molecule is Cc1ccccc1OCC[C@@H]1[C@H]2CC[C@H](c3nc(C(=O)O)cs3)O[C@H]2C[C@H]1O. The third-order valence-corrected chi connectivity index (χ3v) is 6.85. The van der Waals surface area contributed by atoms with Crippen molar-refractivity contribution in [2.75, 3.05) is 6.61 Å². The number of hydrogen-bond acceptors (Lipinski definition) is 6. The number of ether oxygens (including phenoxy) is 2. The van der Waals surface area contributed by atoms with Crippen LogP contribution in [0.4, 0.5) is 0 Å². The molecule has 0 bridgehead atoms. The van der Waals surface area contributed by atoms with Crippen molar-refractivity contribution in [3.8, 4) is 5.75 Å². The van der Waals surface area contributed by atoms with E-state index < -0.39 is 5.97 Å². The van der Waals surface area contributed by atoms with E-state index in [2.05, 4.69) is 4.98 Å². The predicted molar refractivity (Wildman–Crippen MR) is 105 cm³/mol. The van der Waals surface area contributed by atoms with Gasteiger partial charge in [-0.2, -0.15) is 0 Å². The van der Waals surface area contributed by atoms with Gasteiger partial charge in [0.15, 0.2) is 5.69 Å². The van der Waals surface area contributed by atoms with Gasteiger partial charge in [-0.25, -0.2) is 9.78 Å². The molecule has 0 radical (unpaired) electrons. The van der Waals surface area contributed by atoms with Crippen molar-refractivity contribution in [2.45, 2.75) is 50.9 Å². The average Bonchev–Trinajstić information content (AvgIpc) is 3.28. The summed E-state index contributed by atoms with van der Waals surface area (Å²) in [7, 11) is 0. The van der Waals surface area contributed by atoms with Crippen molar-refractivity contribution in [3.63, 3.8) is 0 Å². The minimum absolute atomic E-state index is 0.00519. The van der Waals surface area contributed by atoms with Gasteiger partial charge in [-0.05, 0) is 49.7 Å². The van der Waals surface area contributed by atoms with Crippen molar-refractivity contribution in [1.82, 2.24) is 4.98 Å². The highest BCUT2D eigenvalue weighted by atomic mass is 32.1. The molecule has 5 atom stereocenters. The molecule has 1 aromatic heterocycles. The minimum Gasteiger partial charge on any atom is -0.493 e. The second-order valence-corrected chi connectivity index (χ2v) is 8.54. The highest BCUT2D eigenvalue weighted by Gasteiger charge is 2.46. The van der Waals surface area contributed by atoms with Crippen LogP contribution in [0, 0.1) is 18.8 Å². The second kappa shape index (κ2) is 8.19. The van der Waals surface area contributed by atoms with Gasteiger partial charge in [0.05, 0.1) is 18.8 Å². The summed E-state index contributed by atoms with van der Waals surface area (Å²) in [5.74, 6) is 0.358. The van der Waals surface area contributed by atoms with Crippen molar-refractivity contribution >= 4 is 17.3 Å². The number of aliphatic hydroxyl groups is 1. The summed E-state index contributed by atoms with van der Waals surface area (Å²) in [6.45, 7) is 2.60. The molecule has 1 saturated carbocycles. The molecular weight excluding hydrogens is 378 g/mol. The summed E-state index contributed by atoms with van der Waals surface area (Å²) >= 11 is 1.33. The fourth-order valence-electron chi connectivity index (χ4n) is 4.47. The fraction of sp³-hybridized carbons (Fsp3) is 0.524. The lowest BCUT2D eigenvalue weighted by Crippen LogP contribution is -2.31. The molecule has 1 aromatic carbocycles. The molecule has 2 aliphatic rings. The monoisotopic (exact) mass is 403 g/mol. The van der Waals surface area contributed by atoms with E-state index in [9.17, 15) is 9.90 Å². The number of nitrogens with zero attached hydrogens (tertiary/aromatic N) is 1. The number of aliphatic hydroxyl groups excluding tert-OH is 1. The predicted octanol–water partition coefficient (Wildman–Crippen LogP) is 3.84. The molecule has 1 saturated heterocycles. The number of aromatic nitrogens is 1. The lowest BCUT2D eigenvalue weighted by Gasteiger charge is -2.34. The van der Waals surface area contributed by atoms with E-state index >= 15 is 0 Å². The molecular formula is C21H25NO5S. The van der Waals surface area contributed by atoms with Gasteiger partial charge in [-0.1, -0.05) is 18.2 Å². The molecule has 2 N–H and O–H groups in total. The fourth-order valence-corrected chi connectivity index (χ4v) is 5.34. The Hall–Kier alpha value is -1.96. The van der Waals surface area contributed by atoms with Gasteiger partial charge in [0.2, 0.25) is 0 Å².